The molecule has 4 N–H and O–H groups in total. The van der Waals surface area contributed by atoms with Gasteiger partial charge in [-0.1, -0.05) is 12.8 Å². The van der Waals surface area contributed by atoms with Gasteiger partial charge in [0.25, 0.3) is 0 Å². The second-order valence-corrected chi connectivity index (χ2v) is 7.31. The minimum absolute atomic E-state index is 0.0201. The number of hydrogen-bond acceptors (Lipinski definition) is 5. The molecule has 1 heterocycles. The SMILES string of the molecule is CCn1cc(S(=O)(=O)NCC2CCCCC2CO)c(N)n1. The van der Waals surface area contributed by atoms with Crippen molar-refractivity contribution < 1.29 is 13.5 Å². The molecule has 1 fully saturated rings. The normalized spacial score (nSPS) is 23.3. The summed E-state index contributed by atoms with van der Waals surface area (Å²) in [6.07, 6.45) is 5.53. The van der Waals surface area contributed by atoms with Crippen molar-refractivity contribution in [2.45, 2.75) is 44.0 Å². The fourth-order valence-corrected chi connectivity index (χ4v) is 4.04. The third kappa shape index (κ3) is 3.75. The summed E-state index contributed by atoms with van der Waals surface area (Å²) in [6.45, 7) is 2.88. The molecule has 1 saturated carbocycles. The Morgan fingerprint density at radius 2 is 2.10 bits per heavy atom. The first-order chi connectivity index (χ1) is 9.97. The Balaban J connectivity index is 2.05. The lowest BCUT2D eigenvalue weighted by Gasteiger charge is -2.30. The Kier molecular flexibility index (Phi) is 5.23. The molecule has 120 valence electrons. The maximum atomic E-state index is 12.3. The third-order valence-electron chi connectivity index (χ3n) is 4.20. The van der Waals surface area contributed by atoms with Crippen molar-refractivity contribution >= 4 is 15.8 Å². The first-order valence-corrected chi connectivity index (χ1v) is 8.89. The predicted molar refractivity (Wildman–Crippen MR) is 80.0 cm³/mol. The zero-order valence-electron chi connectivity index (χ0n) is 12.3. The van der Waals surface area contributed by atoms with Crippen molar-refractivity contribution in [3.63, 3.8) is 0 Å². The van der Waals surface area contributed by atoms with Crippen LogP contribution in [0, 0.1) is 11.8 Å². The van der Waals surface area contributed by atoms with Crippen LogP contribution < -0.4 is 10.5 Å². The van der Waals surface area contributed by atoms with Crippen molar-refractivity contribution in [3.8, 4) is 0 Å². The second kappa shape index (κ2) is 6.76. The maximum Gasteiger partial charge on any atom is 0.245 e. The lowest BCUT2D eigenvalue weighted by atomic mass is 9.80. The number of sulfonamides is 1. The highest BCUT2D eigenvalue weighted by molar-refractivity contribution is 7.89. The van der Waals surface area contributed by atoms with Crippen LogP contribution in [-0.2, 0) is 16.6 Å². The molecule has 1 aliphatic rings. The highest BCUT2D eigenvalue weighted by Gasteiger charge is 2.27. The second-order valence-electron chi connectivity index (χ2n) is 5.57. The van der Waals surface area contributed by atoms with Gasteiger partial charge < -0.3 is 10.8 Å². The Hall–Kier alpha value is -1.12. The van der Waals surface area contributed by atoms with E-state index in [2.05, 4.69) is 9.82 Å². The maximum absolute atomic E-state index is 12.3. The van der Waals surface area contributed by atoms with Gasteiger partial charge in [0.1, 0.15) is 4.90 Å². The van der Waals surface area contributed by atoms with Crippen LogP contribution >= 0.6 is 0 Å². The van der Waals surface area contributed by atoms with Gasteiger partial charge in [0.15, 0.2) is 5.82 Å². The van der Waals surface area contributed by atoms with Gasteiger partial charge in [0, 0.05) is 25.9 Å². The third-order valence-corrected chi connectivity index (χ3v) is 5.65. The van der Waals surface area contributed by atoms with Crippen LogP contribution in [0.5, 0.6) is 0 Å². The van der Waals surface area contributed by atoms with Gasteiger partial charge in [0.05, 0.1) is 0 Å². The van der Waals surface area contributed by atoms with E-state index in [1.54, 1.807) is 0 Å². The topological polar surface area (TPSA) is 110 Å². The van der Waals surface area contributed by atoms with Crippen molar-refractivity contribution in [1.29, 1.82) is 0 Å². The number of nitrogen functional groups attached to an aromatic ring is 1. The average molecular weight is 316 g/mol. The quantitative estimate of drug-likeness (QED) is 0.710. The fourth-order valence-electron chi connectivity index (χ4n) is 2.88. The smallest absolute Gasteiger partial charge is 0.245 e. The van der Waals surface area contributed by atoms with E-state index in [1.165, 1.54) is 10.9 Å². The Bertz CT molecular complexity index is 570. The molecule has 7 nitrogen and oxygen atoms in total. The highest BCUT2D eigenvalue weighted by Crippen LogP contribution is 2.29. The number of hydrogen-bond donors (Lipinski definition) is 3. The molecule has 0 spiro atoms. The van der Waals surface area contributed by atoms with Crippen LogP contribution in [0.3, 0.4) is 0 Å². The first-order valence-electron chi connectivity index (χ1n) is 7.41. The number of aromatic nitrogens is 2. The zero-order valence-corrected chi connectivity index (χ0v) is 13.1. The van der Waals surface area contributed by atoms with Crippen molar-refractivity contribution in [2.24, 2.45) is 11.8 Å². The molecule has 0 aromatic carbocycles. The van der Waals surface area contributed by atoms with Gasteiger partial charge in [-0.3, -0.25) is 4.68 Å². The van der Waals surface area contributed by atoms with Gasteiger partial charge in [-0.2, -0.15) is 5.10 Å². The number of nitrogens with zero attached hydrogens (tertiary/aromatic N) is 2. The lowest BCUT2D eigenvalue weighted by Crippen LogP contribution is -2.35. The van der Waals surface area contributed by atoms with Crippen LogP contribution in [-0.4, -0.2) is 36.5 Å². The van der Waals surface area contributed by atoms with E-state index in [4.69, 9.17) is 5.73 Å². The minimum Gasteiger partial charge on any atom is -0.396 e. The standard InChI is InChI=1S/C13H24N4O3S/c1-2-17-8-12(13(14)16-17)21(19,20)15-7-10-5-3-4-6-11(10)9-18/h8,10-11,15,18H,2-7,9H2,1H3,(H2,14,16). The average Bonchev–Trinajstić information content (AvgIpc) is 2.87. The molecule has 0 aliphatic heterocycles. The number of nitrogens with two attached hydrogens (primary N) is 1. The lowest BCUT2D eigenvalue weighted by molar-refractivity contribution is 0.136. The fraction of sp³-hybridized carbons (Fsp3) is 0.769. The summed E-state index contributed by atoms with van der Waals surface area (Å²) < 4.78 is 28.7. The summed E-state index contributed by atoms with van der Waals surface area (Å²) in [7, 11) is -3.65. The summed E-state index contributed by atoms with van der Waals surface area (Å²) in [6, 6.07) is 0. The molecule has 0 amide bonds. The van der Waals surface area contributed by atoms with Gasteiger partial charge in [-0.05, 0) is 31.6 Å². The molecule has 2 rings (SSSR count). The van der Waals surface area contributed by atoms with Gasteiger partial charge >= 0.3 is 0 Å². The summed E-state index contributed by atoms with van der Waals surface area (Å²) in [4.78, 5) is 0.0284. The number of aliphatic hydroxyl groups excluding tert-OH is 1. The number of aliphatic hydroxyl groups is 1. The zero-order chi connectivity index (χ0) is 15.5. The summed E-state index contributed by atoms with van der Waals surface area (Å²) >= 11 is 0. The number of anilines is 1. The molecule has 0 bridgehead atoms. The van der Waals surface area contributed by atoms with Crippen LogP contribution in [0.2, 0.25) is 0 Å². The van der Waals surface area contributed by atoms with E-state index < -0.39 is 10.0 Å². The van der Waals surface area contributed by atoms with Crippen molar-refractivity contribution in [2.75, 3.05) is 18.9 Å². The van der Waals surface area contributed by atoms with E-state index in [9.17, 15) is 13.5 Å². The highest BCUT2D eigenvalue weighted by atomic mass is 32.2. The molecule has 1 aromatic heterocycles. The van der Waals surface area contributed by atoms with E-state index in [-0.39, 0.29) is 29.2 Å². The largest absolute Gasteiger partial charge is 0.396 e. The molecule has 0 radical (unpaired) electrons. The molecule has 1 aromatic rings. The Morgan fingerprint density at radius 3 is 2.67 bits per heavy atom. The summed E-state index contributed by atoms with van der Waals surface area (Å²) in [5.74, 6) is 0.379. The monoisotopic (exact) mass is 316 g/mol. The van der Waals surface area contributed by atoms with Crippen molar-refractivity contribution in [3.05, 3.63) is 6.20 Å². The van der Waals surface area contributed by atoms with Gasteiger partial charge in [-0.15, -0.1) is 0 Å². The van der Waals surface area contributed by atoms with E-state index >= 15 is 0 Å². The molecule has 2 atom stereocenters. The first kappa shape index (κ1) is 16.3. The number of nitrogens with one attached hydrogen (secondary N) is 1. The van der Waals surface area contributed by atoms with E-state index in [0.717, 1.165) is 25.7 Å². The molecule has 1 aliphatic carbocycles. The predicted octanol–water partition coefficient (Wildman–Crippen LogP) is 0.562. The summed E-state index contributed by atoms with van der Waals surface area (Å²) in [5, 5.41) is 13.3. The molecule has 21 heavy (non-hydrogen) atoms. The number of rotatable bonds is 6. The van der Waals surface area contributed by atoms with Gasteiger partial charge in [-0.25, -0.2) is 13.1 Å². The van der Waals surface area contributed by atoms with Gasteiger partial charge in [0.2, 0.25) is 10.0 Å². The van der Waals surface area contributed by atoms with Crippen LogP contribution in [0.4, 0.5) is 5.82 Å². The Labute approximate surface area is 125 Å². The van der Waals surface area contributed by atoms with Crippen molar-refractivity contribution in [1.82, 2.24) is 14.5 Å². The number of aryl methyl sites for hydroxylation is 1. The van der Waals surface area contributed by atoms with Crippen LogP contribution in [0.25, 0.3) is 0 Å². The molecule has 2 unspecified atom stereocenters. The molecular weight excluding hydrogens is 292 g/mol. The van der Waals surface area contributed by atoms with E-state index in [0.29, 0.717) is 13.1 Å². The molecule has 0 saturated heterocycles. The molecular formula is C13H24N4O3S. The Morgan fingerprint density at radius 1 is 1.43 bits per heavy atom. The minimum atomic E-state index is -3.65. The van der Waals surface area contributed by atoms with Crippen LogP contribution in [0.1, 0.15) is 32.6 Å². The summed E-state index contributed by atoms with van der Waals surface area (Å²) in [5.41, 5.74) is 5.67. The van der Waals surface area contributed by atoms with Crippen LogP contribution in [0.15, 0.2) is 11.1 Å². The van der Waals surface area contributed by atoms with E-state index in [1.807, 2.05) is 6.92 Å². The molecule has 8 heteroatoms.